The highest BCUT2D eigenvalue weighted by atomic mass is 79.9. The molecule has 0 radical (unpaired) electrons. The van der Waals surface area contributed by atoms with Crippen LogP contribution >= 0.6 is 15.9 Å². The number of benzene rings is 3. The van der Waals surface area contributed by atoms with Crippen LogP contribution in [0.15, 0.2) is 65.1 Å². The van der Waals surface area contributed by atoms with Crippen molar-refractivity contribution in [2.24, 2.45) is 0 Å². The van der Waals surface area contributed by atoms with Crippen LogP contribution in [-0.4, -0.2) is 43.2 Å². The zero-order chi connectivity index (χ0) is 27.9. The first-order valence-corrected chi connectivity index (χ1v) is 14.9. The van der Waals surface area contributed by atoms with Crippen LogP contribution in [0.25, 0.3) is 0 Å². The molecule has 3 aromatic rings. The number of carbonyl (C=O) groups excluding carboxylic acids is 2. The molecular weight excluding hydrogens is 568 g/mol. The number of nitrogens with one attached hydrogen (secondary N) is 1. The third kappa shape index (κ3) is 8.43. The first-order valence-electron chi connectivity index (χ1n) is 12.3. The third-order valence-corrected chi connectivity index (χ3v) is 8.00. The molecule has 9 heteroatoms. The van der Waals surface area contributed by atoms with E-state index in [2.05, 4.69) is 21.2 Å². The summed E-state index contributed by atoms with van der Waals surface area (Å²) in [5.74, 6) is -1.93. The molecule has 202 valence electrons. The lowest BCUT2D eigenvalue weighted by Gasteiger charge is -2.22. The summed E-state index contributed by atoms with van der Waals surface area (Å²) in [6.45, 7) is 8.81. The summed E-state index contributed by atoms with van der Waals surface area (Å²) in [6, 6.07) is 18.8. The molecule has 0 saturated carbocycles. The van der Waals surface area contributed by atoms with Crippen molar-refractivity contribution in [1.29, 1.82) is 0 Å². The number of hydrogen-bond acceptors (Lipinski definition) is 5. The molecule has 0 spiro atoms. The van der Waals surface area contributed by atoms with Gasteiger partial charge in [0.05, 0.1) is 0 Å². The summed E-state index contributed by atoms with van der Waals surface area (Å²) in [4.78, 5) is 26.6. The van der Waals surface area contributed by atoms with E-state index >= 15 is 0 Å². The van der Waals surface area contributed by atoms with E-state index in [9.17, 15) is 18.0 Å². The minimum Gasteiger partial charge on any atom is -0.488 e. The van der Waals surface area contributed by atoms with E-state index in [1.807, 2.05) is 57.2 Å². The maximum absolute atomic E-state index is 12.9. The molecule has 0 fully saturated rings. The first kappa shape index (κ1) is 29.4. The maximum Gasteiger partial charge on any atom is 0.239 e. The number of carbonyl (C=O) groups is 2. The van der Waals surface area contributed by atoms with E-state index in [0.717, 1.165) is 38.0 Å². The topological polar surface area (TPSA) is 92.8 Å². The van der Waals surface area contributed by atoms with Gasteiger partial charge in [0.25, 0.3) is 0 Å². The Hall–Kier alpha value is -3.17. The first-order chi connectivity index (χ1) is 18.0. The molecule has 0 heterocycles. The summed E-state index contributed by atoms with van der Waals surface area (Å²) in [7, 11) is -3.95. The van der Waals surface area contributed by atoms with Crippen molar-refractivity contribution in [2.75, 3.05) is 23.4 Å². The molecule has 3 rings (SSSR count). The van der Waals surface area contributed by atoms with Gasteiger partial charge in [0.15, 0.2) is 9.84 Å². The summed E-state index contributed by atoms with van der Waals surface area (Å²) >= 11 is 3.30. The van der Waals surface area contributed by atoms with Crippen molar-refractivity contribution in [3.63, 3.8) is 0 Å². The molecule has 0 aliphatic rings. The van der Waals surface area contributed by atoms with Crippen LogP contribution in [0, 0.1) is 20.8 Å². The Kier molecular flexibility index (Phi) is 10.1. The molecular formula is C29H33BrN2O5S. The number of anilines is 1. The molecule has 0 bridgehead atoms. The van der Waals surface area contributed by atoms with Crippen LogP contribution < -0.4 is 10.1 Å². The highest BCUT2D eigenvalue weighted by molar-refractivity contribution is 9.10. The molecule has 1 N–H and O–H groups in total. The lowest BCUT2D eigenvalue weighted by atomic mass is 10.0. The minimum atomic E-state index is -3.95. The normalized spacial score (nSPS) is 11.2. The van der Waals surface area contributed by atoms with Gasteiger partial charge in [-0.25, -0.2) is 8.42 Å². The third-order valence-electron chi connectivity index (χ3n) is 6.08. The summed E-state index contributed by atoms with van der Waals surface area (Å²) < 4.78 is 32.2. The van der Waals surface area contributed by atoms with Crippen LogP contribution in [0.1, 0.15) is 34.7 Å². The zero-order valence-corrected chi connectivity index (χ0v) is 24.5. The largest absolute Gasteiger partial charge is 0.488 e. The van der Waals surface area contributed by atoms with Crippen LogP contribution in [0.2, 0.25) is 0 Å². The van der Waals surface area contributed by atoms with Gasteiger partial charge in [0.1, 0.15) is 23.9 Å². The minimum absolute atomic E-state index is 0.260. The number of halogens is 1. The Bertz CT molecular complexity index is 1380. The molecule has 0 unspecified atom stereocenters. The fourth-order valence-electron chi connectivity index (χ4n) is 4.14. The second kappa shape index (κ2) is 13.1. The van der Waals surface area contributed by atoms with Crippen molar-refractivity contribution in [3.8, 4) is 5.75 Å². The van der Waals surface area contributed by atoms with Gasteiger partial charge in [-0.3, -0.25) is 9.59 Å². The highest BCUT2D eigenvalue weighted by Crippen LogP contribution is 2.27. The Labute approximate surface area is 233 Å². The molecule has 38 heavy (non-hydrogen) atoms. The van der Waals surface area contributed by atoms with Gasteiger partial charge in [0.2, 0.25) is 11.8 Å². The molecule has 0 saturated heterocycles. The van der Waals surface area contributed by atoms with Crippen LogP contribution in [-0.2, 0) is 32.6 Å². The number of hydrogen-bond donors (Lipinski definition) is 1. The van der Waals surface area contributed by atoms with Crippen LogP contribution in [0.5, 0.6) is 5.75 Å². The standard InChI is InChI=1S/C29H33BrN2O5S/c1-5-32(28(34)19-38(35,36)18-27(33)31-26-12-10-25(30)11-13-26)16-23-14-21(3)29(22(4)15-23)37-17-24-9-7-6-8-20(24)2/h6-15H,5,16-19H2,1-4H3,(H,31,33). The van der Waals surface area contributed by atoms with E-state index in [0.29, 0.717) is 18.8 Å². The van der Waals surface area contributed by atoms with Crippen molar-refractivity contribution in [2.45, 2.75) is 40.8 Å². The van der Waals surface area contributed by atoms with Gasteiger partial charge in [-0.2, -0.15) is 0 Å². The fourth-order valence-corrected chi connectivity index (χ4v) is 5.53. The predicted octanol–water partition coefficient (Wildman–Crippen LogP) is 5.36. The van der Waals surface area contributed by atoms with Gasteiger partial charge < -0.3 is 15.0 Å². The van der Waals surface area contributed by atoms with Gasteiger partial charge in [-0.15, -0.1) is 0 Å². The predicted molar refractivity (Wildman–Crippen MR) is 154 cm³/mol. The molecule has 0 atom stereocenters. The van der Waals surface area contributed by atoms with E-state index in [-0.39, 0.29) is 6.54 Å². The van der Waals surface area contributed by atoms with Crippen molar-refractivity contribution < 1.29 is 22.7 Å². The van der Waals surface area contributed by atoms with Crippen molar-refractivity contribution in [1.82, 2.24) is 4.90 Å². The van der Waals surface area contributed by atoms with Crippen molar-refractivity contribution in [3.05, 3.63) is 93.0 Å². The number of sulfone groups is 1. The second-order valence-electron chi connectivity index (χ2n) is 9.27. The molecule has 7 nitrogen and oxygen atoms in total. The molecule has 0 aliphatic heterocycles. The summed E-state index contributed by atoms with van der Waals surface area (Å²) in [5.41, 5.74) is 5.52. The van der Waals surface area contributed by atoms with Crippen LogP contribution in [0.3, 0.4) is 0 Å². The lowest BCUT2D eigenvalue weighted by Crippen LogP contribution is -2.37. The summed E-state index contributed by atoms with van der Waals surface area (Å²) in [6.07, 6.45) is 0. The molecule has 3 aromatic carbocycles. The molecule has 0 aliphatic carbocycles. The fraction of sp³-hybridized carbons (Fsp3) is 0.310. The zero-order valence-electron chi connectivity index (χ0n) is 22.1. The van der Waals surface area contributed by atoms with Crippen molar-refractivity contribution >= 4 is 43.3 Å². The van der Waals surface area contributed by atoms with E-state index < -0.39 is 33.2 Å². The Morgan fingerprint density at radius 3 is 2.16 bits per heavy atom. The van der Waals surface area contributed by atoms with Crippen LogP contribution in [0.4, 0.5) is 5.69 Å². The van der Waals surface area contributed by atoms with Gasteiger partial charge >= 0.3 is 0 Å². The average Bonchev–Trinajstić information content (AvgIpc) is 2.83. The Morgan fingerprint density at radius 2 is 1.55 bits per heavy atom. The number of ether oxygens (including phenoxy) is 1. The van der Waals surface area contributed by atoms with Gasteiger partial charge in [0, 0.05) is 23.2 Å². The second-order valence-corrected chi connectivity index (χ2v) is 12.2. The number of amides is 2. The molecule has 2 amide bonds. The number of aryl methyl sites for hydroxylation is 3. The quantitative estimate of drug-likeness (QED) is 0.320. The monoisotopic (exact) mass is 600 g/mol. The van der Waals surface area contributed by atoms with Gasteiger partial charge in [-0.1, -0.05) is 52.3 Å². The maximum atomic E-state index is 12.9. The van der Waals surface area contributed by atoms with E-state index in [1.165, 1.54) is 4.90 Å². The van der Waals surface area contributed by atoms with Gasteiger partial charge in [-0.05, 0) is 79.8 Å². The van der Waals surface area contributed by atoms with E-state index in [1.54, 1.807) is 31.2 Å². The Balaban J connectivity index is 1.61. The number of nitrogens with zero attached hydrogens (tertiary/aromatic N) is 1. The highest BCUT2D eigenvalue weighted by Gasteiger charge is 2.24. The van der Waals surface area contributed by atoms with E-state index in [4.69, 9.17) is 4.74 Å². The summed E-state index contributed by atoms with van der Waals surface area (Å²) in [5, 5.41) is 2.55. The Morgan fingerprint density at radius 1 is 0.921 bits per heavy atom. The average molecular weight is 602 g/mol. The lowest BCUT2D eigenvalue weighted by molar-refractivity contribution is -0.128. The molecule has 0 aromatic heterocycles. The number of rotatable bonds is 11. The smallest absolute Gasteiger partial charge is 0.239 e. The SMILES string of the molecule is CCN(Cc1cc(C)c(OCc2ccccc2C)c(C)c1)C(=O)CS(=O)(=O)CC(=O)Nc1ccc(Br)cc1.